The predicted molar refractivity (Wildman–Crippen MR) is 80.4 cm³/mol. The molecule has 1 heterocycles. The molecule has 2 aliphatic rings. The van der Waals surface area contributed by atoms with Crippen LogP contribution in [0, 0.1) is 5.92 Å². The Morgan fingerprint density at radius 3 is 2.90 bits per heavy atom. The summed E-state index contributed by atoms with van der Waals surface area (Å²) in [5.74, 6) is 1.03. The second-order valence-electron chi connectivity index (χ2n) is 5.86. The van der Waals surface area contributed by atoms with Crippen LogP contribution < -0.4 is 15.4 Å². The maximum Gasteiger partial charge on any atom is 0.265 e. The van der Waals surface area contributed by atoms with Crippen molar-refractivity contribution in [2.75, 3.05) is 10.6 Å². The summed E-state index contributed by atoms with van der Waals surface area (Å²) in [5.41, 5.74) is 1.30. The topological polar surface area (TPSA) is 67.4 Å². The van der Waals surface area contributed by atoms with Gasteiger partial charge < -0.3 is 15.4 Å². The van der Waals surface area contributed by atoms with E-state index in [9.17, 15) is 9.59 Å². The van der Waals surface area contributed by atoms with Crippen LogP contribution in [0.4, 0.5) is 11.4 Å². The lowest BCUT2D eigenvalue weighted by molar-refractivity contribution is -0.122. The van der Waals surface area contributed by atoms with E-state index in [1.54, 1.807) is 25.1 Å². The Morgan fingerprint density at radius 1 is 1.38 bits per heavy atom. The lowest BCUT2D eigenvalue weighted by Crippen LogP contribution is -2.34. The van der Waals surface area contributed by atoms with Gasteiger partial charge in [0, 0.05) is 12.1 Å². The SMILES string of the molecule is C[C@H]1Oc2ccc(NC(=O)CC3CCCC3)cc2NC1=O. The van der Waals surface area contributed by atoms with Gasteiger partial charge in [-0.25, -0.2) is 0 Å². The number of carbonyl (C=O) groups excluding carboxylic acids is 2. The lowest BCUT2D eigenvalue weighted by atomic mass is 10.0. The van der Waals surface area contributed by atoms with E-state index in [-0.39, 0.29) is 11.8 Å². The lowest BCUT2D eigenvalue weighted by Gasteiger charge is -2.23. The van der Waals surface area contributed by atoms with Crippen molar-refractivity contribution >= 4 is 23.2 Å². The molecular formula is C16H20N2O3. The van der Waals surface area contributed by atoms with Crippen molar-refractivity contribution in [3.63, 3.8) is 0 Å². The standard InChI is InChI=1S/C16H20N2O3/c1-10-16(20)18-13-9-12(6-7-14(13)21-10)17-15(19)8-11-4-2-3-5-11/h6-7,9-11H,2-5,8H2,1H3,(H,17,19)(H,18,20)/t10-/m1/s1. The summed E-state index contributed by atoms with van der Waals surface area (Å²) in [5, 5.41) is 5.68. The first-order valence-corrected chi connectivity index (χ1v) is 7.53. The average molecular weight is 288 g/mol. The van der Waals surface area contributed by atoms with E-state index in [2.05, 4.69) is 10.6 Å². The Morgan fingerprint density at radius 2 is 2.14 bits per heavy atom. The normalized spacial score (nSPS) is 21.4. The van der Waals surface area contributed by atoms with Crippen LogP contribution in [0.3, 0.4) is 0 Å². The van der Waals surface area contributed by atoms with Gasteiger partial charge in [0.25, 0.3) is 5.91 Å². The highest BCUT2D eigenvalue weighted by Crippen LogP contribution is 2.32. The molecule has 0 aromatic heterocycles. The smallest absolute Gasteiger partial charge is 0.265 e. The van der Waals surface area contributed by atoms with Crippen molar-refractivity contribution in [3.05, 3.63) is 18.2 Å². The van der Waals surface area contributed by atoms with E-state index in [0.717, 1.165) is 12.8 Å². The number of anilines is 2. The van der Waals surface area contributed by atoms with Gasteiger partial charge in [-0.05, 0) is 43.9 Å². The van der Waals surface area contributed by atoms with E-state index < -0.39 is 6.10 Å². The van der Waals surface area contributed by atoms with Gasteiger partial charge in [-0.15, -0.1) is 0 Å². The van der Waals surface area contributed by atoms with Crippen molar-refractivity contribution in [2.24, 2.45) is 5.92 Å². The molecule has 0 unspecified atom stereocenters. The Labute approximate surface area is 124 Å². The molecule has 5 heteroatoms. The van der Waals surface area contributed by atoms with Gasteiger partial charge in [-0.3, -0.25) is 9.59 Å². The van der Waals surface area contributed by atoms with Crippen LogP contribution in [0.5, 0.6) is 5.75 Å². The van der Waals surface area contributed by atoms with Crippen LogP contribution in [0.25, 0.3) is 0 Å². The van der Waals surface area contributed by atoms with E-state index >= 15 is 0 Å². The van der Waals surface area contributed by atoms with Crippen LogP contribution in [-0.2, 0) is 9.59 Å². The third-order valence-corrected chi connectivity index (χ3v) is 4.14. The number of rotatable bonds is 3. The summed E-state index contributed by atoms with van der Waals surface area (Å²) < 4.78 is 5.49. The molecule has 1 fully saturated rings. The number of carbonyl (C=O) groups is 2. The monoisotopic (exact) mass is 288 g/mol. The molecule has 1 aromatic carbocycles. The molecule has 1 aliphatic heterocycles. The third-order valence-electron chi connectivity index (χ3n) is 4.14. The third kappa shape index (κ3) is 3.17. The predicted octanol–water partition coefficient (Wildman–Crippen LogP) is 2.92. The van der Waals surface area contributed by atoms with E-state index in [1.165, 1.54) is 12.8 Å². The summed E-state index contributed by atoms with van der Waals surface area (Å²) in [6.45, 7) is 1.70. The fraction of sp³-hybridized carbons (Fsp3) is 0.500. The second kappa shape index (κ2) is 5.76. The zero-order valence-corrected chi connectivity index (χ0v) is 12.1. The van der Waals surface area contributed by atoms with E-state index in [0.29, 0.717) is 29.5 Å². The van der Waals surface area contributed by atoms with Crippen molar-refractivity contribution in [3.8, 4) is 5.75 Å². The first kappa shape index (κ1) is 13.9. The summed E-state index contributed by atoms with van der Waals surface area (Å²) in [6, 6.07) is 5.32. The molecule has 0 radical (unpaired) electrons. The minimum absolute atomic E-state index is 0.0401. The molecule has 5 nitrogen and oxygen atoms in total. The number of fused-ring (bicyclic) bond motifs is 1. The van der Waals surface area contributed by atoms with Crippen LogP contribution in [0.2, 0.25) is 0 Å². The van der Waals surface area contributed by atoms with Gasteiger partial charge in [0.1, 0.15) is 5.75 Å². The molecule has 21 heavy (non-hydrogen) atoms. The van der Waals surface area contributed by atoms with Crippen molar-refractivity contribution in [1.82, 2.24) is 0 Å². The zero-order chi connectivity index (χ0) is 14.8. The van der Waals surface area contributed by atoms with Crippen LogP contribution in [0.1, 0.15) is 39.0 Å². The summed E-state index contributed by atoms with van der Waals surface area (Å²) in [6.07, 6.45) is 4.87. The van der Waals surface area contributed by atoms with Gasteiger partial charge in [0.2, 0.25) is 5.91 Å². The largest absolute Gasteiger partial charge is 0.479 e. The Kier molecular flexibility index (Phi) is 3.82. The molecule has 0 bridgehead atoms. The van der Waals surface area contributed by atoms with Crippen molar-refractivity contribution < 1.29 is 14.3 Å². The van der Waals surface area contributed by atoms with Crippen LogP contribution in [0.15, 0.2) is 18.2 Å². The van der Waals surface area contributed by atoms with Crippen molar-refractivity contribution in [2.45, 2.75) is 45.1 Å². The highest BCUT2D eigenvalue weighted by Gasteiger charge is 2.24. The number of amides is 2. The molecule has 1 aromatic rings. The summed E-state index contributed by atoms with van der Waals surface area (Å²) >= 11 is 0. The number of hydrogen-bond acceptors (Lipinski definition) is 3. The second-order valence-corrected chi connectivity index (χ2v) is 5.86. The molecule has 112 valence electrons. The molecule has 0 saturated heterocycles. The Hall–Kier alpha value is -2.04. The summed E-state index contributed by atoms with van der Waals surface area (Å²) in [7, 11) is 0. The Balaban J connectivity index is 1.65. The van der Waals surface area contributed by atoms with Crippen LogP contribution >= 0.6 is 0 Å². The number of ether oxygens (including phenoxy) is 1. The molecular weight excluding hydrogens is 268 g/mol. The molecule has 1 saturated carbocycles. The highest BCUT2D eigenvalue weighted by molar-refractivity contribution is 5.99. The first-order chi connectivity index (χ1) is 10.1. The van der Waals surface area contributed by atoms with Gasteiger partial charge >= 0.3 is 0 Å². The number of benzene rings is 1. The van der Waals surface area contributed by atoms with E-state index in [1.807, 2.05) is 0 Å². The van der Waals surface area contributed by atoms with Gasteiger partial charge in [-0.1, -0.05) is 12.8 Å². The first-order valence-electron chi connectivity index (χ1n) is 7.53. The molecule has 3 rings (SSSR count). The molecule has 0 spiro atoms. The minimum atomic E-state index is -0.486. The average Bonchev–Trinajstić information content (AvgIpc) is 2.93. The van der Waals surface area contributed by atoms with Crippen molar-refractivity contribution in [1.29, 1.82) is 0 Å². The van der Waals surface area contributed by atoms with Crippen LogP contribution in [-0.4, -0.2) is 17.9 Å². The minimum Gasteiger partial charge on any atom is -0.479 e. The molecule has 1 aliphatic carbocycles. The summed E-state index contributed by atoms with van der Waals surface area (Å²) in [4.78, 5) is 23.6. The van der Waals surface area contributed by atoms with E-state index in [4.69, 9.17) is 4.74 Å². The highest BCUT2D eigenvalue weighted by atomic mass is 16.5. The quantitative estimate of drug-likeness (QED) is 0.898. The molecule has 1 atom stereocenters. The fourth-order valence-corrected chi connectivity index (χ4v) is 2.98. The number of hydrogen-bond donors (Lipinski definition) is 2. The van der Waals surface area contributed by atoms with Gasteiger partial charge in [0.15, 0.2) is 6.10 Å². The molecule has 2 amide bonds. The maximum absolute atomic E-state index is 12.0. The zero-order valence-electron chi connectivity index (χ0n) is 12.1. The molecule has 2 N–H and O–H groups in total. The number of nitrogens with one attached hydrogen (secondary N) is 2. The Bertz CT molecular complexity index is 565. The van der Waals surface area contributed by atoms with Gasteiger partial charge in [-0.2, -0.15) is 0 Å². The fourth-order valence-electron chi connectivity index (χ4n) is 2.98. The maximum atomic E-state index is 12.0. The van der Waals surface area contributed by atoms with Gasteiger partial charge in [0.05, 0.1) is 5.69 Å².